The summed E-state index contributed by atoms with van der Waals surface area (Å²) in [5, 5.41) is 21.7. The molecular weight excluding hydrogens is 364 g/mol. The standard InChI is InChI=1S/C23H44N4O2/c1-18(2)24-9-5-20(6-10-24)26-14-22(15-26)16-27(17-22)21(28)13-23(29)7-11-25(12-8-23)19(3)4/h18-21,28-29H,5-17H2,1-4H3. The summed E-state index contributed by atoms with van der Waals surface area (Å²) in [4.78, 5) is 9.92. The second-order valence-corrected chi connectivity index (χ2v) is 11.2. The molecule has 6 nitrogen and oxygen atoms in total. The number of nitrogens with zero attached hydrogens (tertiary/aromatic N) is 4. The van der Waals surface area contributed by atoms with E-state index in [2.05, 4.69) is 47.3 Å². The van der Waals surface area contributed by atoms with E-state index < -0.39 is 11.8 Å². The maximum Gasteiger partial charge on any atom is 0.110 e. The van der Waals surface area contributed by atoms with Crippen molar-refractivity contribution < 1.29 is 10.2 Å². The van der Waals surface area contributed by atoms with Crippen LogP contribution in [-0.4, -0.2) is 112 Å². The van der Waals surface area contributed by atoms with Crippen molar-refractivity contribution >= 4 is 0 Å². The van der Waals surface area contributed by atoms with E-state index in [1.54, 1.807) is 0 Å². The molecule has 0 aliphatic carbocycles. The van der Waals surface area contributed by atoms with Crippen LogP contribution in [0, 0.1) is 5.41 Å². The van der Waals surface area contributed by atoms with Gasteiger partial charge in [-0.25, -0.2) is 0 Å². The van der Waals surface area contributed by atoms with Crippen LogP contribution in [-0.2, 0) is 0 Å². The molecule has 4 saturated heterocycles. The van der Waals surface area contributed by atoms with Crippen LogP contribution < -0.4 is 0 Å². The average Bonchev–Trinajstić information content (AvgIpc) is 2.59. The van der Waals surface area contributed by atoms with Crippen LogP contribution in [0.15, 0.2) is 0 Å². The van der Waals surface area contributed by atoms with Gasteiger partial charge in [-0.05, 0) is 66.5 Å². The highest BCUT2D eigenvalue weighted by molar-refractivity contribution is 5.08. The second kappa shape index (κ2) is 8.36. The lowest BCUT2D eigenvalue weighted by Gasteiger charge is -2.63. The molecular formula is C23H44N4O2. The zero-order valence-corrected chi connectivity index (χ0v) is 19.2. The fourth-order valence-electron chi connectivity index (χ4n) is 6.20. The molecule has 1 unspecified atom stereocenters. The molecule has 1 atom stereocenters. The predicted molar refractivity (Wildman–Crippen MR) is 117 cm³/mol. The molecule has 2 N–H and O–H groups in total. The quantitative estimate of drug-likeness (QED) is 0.693. The van der Waals surface area contributed by atoms with E-state index in [-0.39, 0.29) is 0 Å². The first-order valence-electron chi connectivity index (χ1n) is 12.1. The van der Waals surface area contributed by atoms with Crippen LogP contribution in [0.25, 0.3) is 0 Å². The summed E-state index contributed by atoms with van der Waals surface area (Å²) in [6.45, 7) is 17.8. The lowest BCUT2D eigenvalue weighted by Crippen LogP contribution is -2.75. The van der Waals surface area contributed by atoms with Gasteiger partial charge in [-0.3, -0.25) is 9.80 Å². The van der Waals surface area contributed by atoms with Gasteiger partial charge in [0.05, 0.1) is 5.60 Å². The van der Waals surface area contributed by atoms with Gasteiger partial charge in [0, 0.05) is 69.2 Å². The first kappa shape index (κ1) is 22.0. The molecule has 4 heterocycles. The van der Waals surface area contributed by atoms with Crippen molar-refractivity contribution in [2.24, 2.45) is 5.41 Å². The zero-order chi connectivity index (χ0) is 20.8. The van der Waals surface area contributed by atoms with Crippen molar-refractivity contribution in [1.82, 2.24) is 19.6 Å². The fraction of sp³-hybridized carbons (Fsp3) is 1.00. The first-order chi connectivity index (χ1) is 13.7. The van der Waals surface area contributed by atoms with Crippen molar-refractivity contribution in [1.29, 1.82) is 0 Å². The van der Waals surface area contributed by atoms with E-state index in [1.807, 2.05) is 0 Å². The topological polar surface area (TPSA) is 53.4 Å². The Kier molecular flexibility index (Phi) is 6.33. The fourth-order valence-corrected chi connectivity index (χ4v) is 6.20. The number of likely N-dealkylation sites (tertiary alicyclic amines) is 4. The molecule has 0 bridgehead atoms. The molecule has 0 amide bonds. The average molecular weight is 409 g/mol. The highest BCUT2D eigenvalue weighted by Gasteiger charge is 2.55. The lowest BCUT2D eigenvalue weighted by atomic mass is 9.71. The number of hydrogen-bond acceptors (Lipinski definition) is 6. The molecule has 0 aromatic heterocycles. The minimum absolute atomic E-state index is 0.416. The Labute approximate surface area is 177 Å². The summed E-state index contributed by atoms with van der Waals surface area (Å²) >= 11 is 0. The van der Waals surface area contributed by atoms with Crippen molar-refractivity contribution in [3.05, 3.63) is 0 Å². The molecule has 0 radical (unpaired) electrons. The summed E-state index contributed by atoms with van der Waals surface area (Å²) < 4.78 is 0. The Balaban J connectivity index is 1.16. The Morgan fingerprint density at radius 1 is 0.793 bits per heavy atom. The second-order valence-electron chi connectivity index (χ2n) is 11.2. The van der Waals surface area contributed by atoms with Gasteiger partial charge in [-0.1, -0.05) is 0 Å². The van der Waals surface area contributed by atoms with Crippen LogP contribution >= 0.6 is 0 Å². The summed E-state index contributed by atoms with van der Waals surface area (Å²) in [5.74, 6) is 0. The van der Waals surface area contributed by atoms with Gasteiger partial charge in [0.2, 0.25) is 0 Å². The van der Waals surface area contributed by atoms with Crippen LogP contribution in [0.4, 0.5) is 0 Å². The van der Waals surface area contributed by atoms with Crippen molar-refractivity contribution in [3.63, 3.8) is 0 Å². The summed E-state index contributed by atoms with van der Waals surface area (Å²) in [6, 6.07) is 1.98. The minimum atomic E-state index is -0.691. The van der Waals surface area contributed by atoms with Gasteiger partial charge in [0.25, 0.3) is 0 Å². The van der Waals surface area contributed by atoms with E-state index in [9.17, 15) is 10.2 Å². The predicted octanol–water partition coefficient (Wildman–Crippen LogP) is 1.42. The molecule has 6 heteroatoms. The molecule has 29 heavy (non-hydrogen) atoms. The van der Waals surface area contributed by atoms with Crippen molar-refractivity contribution in [2.75, 3.05) is 52.4 Å². The van der Waals surface area contributed by atoms with Gasteiger partial charge in [0.15, 0.2) is 0 Å². The maximum atomic E-state index is 11.0. The third-order valence-electron chi connectivity index (χ3n) is 8.34. The SMILES string of the molecule is CC(C)N1CCC(N2CC3(CN(C(O)CC4(O)CCN(C(C)C)CC4)C3)C2)CC1. The summed E-state index contributed by atoms with van der Waals surface area (Å²) in [5.41, 5.74) is -0.274. The van der Waals surface area contributed by atoms with Gasteiger partial charge in [0.1, 0.15) is 6.23 Å². The van der Waals surface area contributed by atoms with Gasteiger partial charge in [-0.15, -0.1) is 0 Å². The van der Waals surface area contributed by atoms with E-state index in [0.717, 1.165) is 45.1 Å². The molecule has 4 fully saturated rings. The highest BCUT2D eigenvalue weighted by atomic mass is 16.3. The Morgan fingerprint density at radius 3 is 1.83 bits per heavy atom. The lowest BCUT2D eigenvalue weighted by molar-refractivity contribution is -0.196. The molecule has 168 valence electrons. The van der Waals surface area contributed by atoms with E-state index in [0.29, 0.717) is 23.9 Å². The number of rotatable bonds is 6. The van der Waals surface area contributed by atoms with Gasteiger partial charge in [-0.2, -0.15) is 0 Å². The highest BCUT2D eigenvalue weighted by Crippen LogP contribution is 2.43. The largest absolute Gasteiger partial charge is 0.390 e. The van der Waals surface area contributed by atoms with Crippen molar-refractivity contribution in [2.45, 2.75) is 89.8 Å². The smallest absolute Gasteiger partial charge is 0.110 e. The molecule has 0 saturated carbocycles. The molecule has 1 spiro atoms. The molecule has 4 aliphatic rings. The third kappa shape index (κ3) is 4.68. The molecule has 0 aromatic rings. The van der Waals surface area contributed by atoms with Crippen LogP contribution in [0.5, 0.6) is 0 Å². The first-order valence-corrected chi connectivity index (χ1v) is 12.1. The number of aliphatic hydroxyl groups excluding tert-OH is 1. The van der Waals surface area contributed by atoms with Gasteiger partial charge < -0.3 is 20.0 Å². The van der Waals surface area contributed by atoms with Crippen LogP contribution in [0.1, 0.15) is 59.8 Å². The minimum Gasteiger partial charge on any atom is -0.390 e. The monoisotopic (exact) mass is 408 g/mol. The van der Waals surface area contributed by atoms with Gasteiger partial charge >= 0.3 is 0 Å². The Morgan fingerprint density at radius 2 is 1.31 bits per heavy atom. The Bertz CT molecular complexity index is 539. The molecule has 0 aromatic carbocycles. The third-order valence-corrected chi connectivity index (χ3v) is 8.34. The molecule has 4 aliphatic heterocycles. The summed E-state index contributed by atoms with van der Waals surface area (Å²) in [6.07, 6.45) is 4.20. The van der Waals surface area contributed by atoms with E-state index >= 15 is 0 Å². The van der Waals surface area contributed by atoms with E-state index in [1.165, 1.54) is 39.0 Å². The Hall–Kier alpha value is -0.240. The van der Waals surface area contributed by atoms with Crippen molar-refractivity contribution in [3.8, 4) is 0 Å². The van der Waals surface area contributed by atoms with E-state index in [4.69, 9.17) is 0 Å². The number of aliphatic hydroxyl groups is 2. The maximum absolute atomic E-state index is 11.0. The normalized spacial score (nSPS) is 30.6. The number of hydrogen-bond donors (Lipinski definition) is 2. The van der Waals surface area contributed by atoms with Crippen LogP contribution in [0.3, 0.4) is 0 Å². The summed E-state index contributed by atoms with van der Waals surface area (Å²) in [7, 11) is 0. The molecule has 4 rings (SSSR count). The number of piperidine rings is 2. The van der Waals surface area contributed by atoms with Crippen LogP contribution in [0.2, 0.25) is 0 Å². The zero-order valence-electron chi connectivity index (χ0n) is 19.2.